The molecule has 0 aliphatic carbocycles. The highest BCUT2D eigenvalue weighted by molar-refractivity contribution is 5.92. The molecule has 2 rings (SSSR count). The first-order valence-electron chi connectivity index (χ1n) is 6.81. The Balaban J connectivity index is 1.87. The van der Waals surface area contributed by atoms with Crippen LogP contribution in [0.1, 0.15) is 23.8 Å². The summed E-state index contributed by atoms with van der Waals surface area (Å²) < 4.78 is 5.33. The van der Waals surface area contributed by atoms with E-state index >= 15 is 0 Å². The van der Waals surface area contributed by atoms with Crippen LogP contribution in [0.3, 0.4) is 0 Å². The molecule has 0 aliphatic heterocycles. The fraction of sp³-hybridized carbons (Fsp3) is 0.333. The molecule has 0 aliphatic rings. The van der Waals surface area contributed by atoms with Crippen LogP contribution in [0.25, 0.3) is 11.5 Å². The van der Waals surface area contributed by atoms with Gasteiger partial charge in [-0.15, -0.1) is 0 Å². The number of rotatable bonds is 7. The molecule has 1 aromatic heterocycles. The van der Waals surface area contributed by atoms with Gasteiger partial charge in [-0.25, -0.2) is 4.98 Å². The van der Waals surface area contributed by atoms with Crippen molar-refractivity contribution in [2.24, 2.45) is 0 Å². The molecular formula is C15H19N3O2. The van der Waals surface area contributed by atoms with Crippen molar-refractivity contribution in [2.45, 2.75) is 13.3 Å². The van der Waals surface area contributed by atoms with E-state index in [0.717, 1.165) is 25.1 Å². The lowest BCUT2D eigenvalue weighted by Gasteiger charge is -2.03. The Labute approximate surface area is 118 Å². The molecule has 0 atom stereocenters. The van der Waals surface area contributed by atoms with Crippen LogP contribution in [0.4, 0.5) is 0 Å². The molecule has 1 amide bonds. The second kappa shape index (κ2) is 7.45. The Morgan fingerprint density at radius 2 is 2.00 bits per heavy atom. The predicted molar refractivity (Wildman–Crippen MR) is 77.4 cm³/mol. The fourth-order valence-electron chi connectivity index (χ4n) is 1.75. The Bertz CT molecular complexity index is 537. The van der Waals surface area contributed by atoms with Crippen LogP contribution in [-0.2, 0) is 0 Å². The summed E-state index contributed by atoms with van der Waals surface area (Å²) >= 11 is 0. The first kappa shape index (κ1) is 14.3. The van der Waals surface area contributed by atoms with Crippen LogP contribution >= 0.6 is 0 Å². The van der Waals surface area contributed by atoms with Gasteiger partial charge in [-0.2, -0.15) is 0 Å². The lowest BCUT2D eigenvalue weighted by molar-refractivity contribution is 0.0949. The van der Waals surface area contributed by atoms with Gasteiger partial charge in [-0.1, -0.05) is 25.1 Å². The third kappa shape index (κ3) is 3.93. The number of nitrogens with one attached hydrogen (secondary N) is 2. The second-order valence-corrected chi connectivity index (χ2v) is 4.41. The summed E-state index contributed by atoms with van der Waals surface area (Å²) in [5, 5.41) is 6.01. The standard InChI is InChI=1S/C15H19N3O2/c1-2-8-16-9-10-17-14(19)13-11-20-15(18-13)12-6-4-3-5-7-12/h3-7,11,16H,2,8-10H2,1H3,(H,17,19). The summed E-state index contributed by atoms with van der Waals surface area (Å²) in [7, 11) is 0. The van der Waals surface area contributed by atoms with Gasteiger partial charge in [0.1, 0.15) is 6.26 Å². The molecule has 5 heteroatoms. The highest BCUT2D eigenvalue weighted by atomic mass is 16.3. The second-order valence-electron chi connectivity index (χ2n) is 4.41. The van der Waals surface area contributed by atoms with Gasteiger partial charge in [-0.05, 0) is 25.1 Å². The normalized spacial score (nSPS) is 10.4. The SMILES string of the molecule is CCCNCCNC(=O)c1coc(-c2ccccc2)n1. The van der Waals surface area contributed by atoms with Gasteiger partial charge in [0.2, 0.25) is 5.89 Å². The first-order valence-corrected chi connectivity index (χ1v) is 6.81. The van der Waals surface area contributed by atoms with Crippen LogP contribution in [0.5, 0.6) is 0 Å². The monoisotopic (exact) mass is 273 g/mol. The highest BCUT2D eigenvalue weighted by Crippen LogP contribution is 2.17. The molecule has 0 bridgehead atoms. The number of carbonyl (C=O) groups excluding carboxylic acids is 1. The van der Waals surface area contributed by atoms with E-state index < -0.39 is 0 Å². The number of aromatic nitrogens is 1. The summed E-state index contributed by atoms with van der Waals surface area (Å²) in [6.45, 7) is 4.39. The smallest absolute Gasteiger partial charge is 0.273 e. The molecule has 2 N–H and O–H groups in total. The average Bonchev–Trinajstić information content (AvgIpc) is 2.98. The Morgan fingerprint density at radius 3 is 2.75 bits per heavy atom. The molecule has 20 heavy (non-hydrogen) atoms. The number of amides is 1. The van der Waals surface area contributed by atoms with Crippen molar-refractivity contribution in [3.8, 4) is 11.5 Å². The van der Waals surface area contributed by atoms with Crippen LogP contribution in [0, 0.1) is 0 Å². The van der Waals surface area contributed by atoms with Crippen LogP contribution in [0.15, 0.2) is 41.0 Å². The fourth-order valence-corrected chi connectivity index (χ4v) is 1.75. The third-order valence-electron chi connectivity index (χ3n) is 2.77. The predicted octanol–water partition coefficient (Wildman–Crippen LogP) is 2.07. The van der Waals surface area contributed by atoms with Crippen molar-refractivity contribution >= 4 is 5.91 Å². The van der Waals surface area contributed by atoms with Gasteiger partial charge in [0.05, 0.1) is 0 Å². The van der Waals surface area contributed by atoms with E-state index in [1.165, 1.54) is 6.26 Å². The molecule has 5 nitrogen and oxygen atoms in total. The number of oxazole rings is 1. The van der Waals surface area contributed by atoms with E-state index in [2.05, 4.69) is 22.5 Å². The molecule has 0 fully saturated rings. The molecule has 1 heterocycles. The molecule has 0 unspecified atom stereocenters. The number of hydrogen-bond acceptors (Lipinski definition) is 4. The Kier molecular flexibility index (Phi) is 5.32. The Hall–Kier alpha value is -2.14. The maximum Gasteiger partial charge on any atom is 0.273 e. The zero-order chi connectivity index (χ0) is 14.2. The Morgan fingerprint density at radius 1 is 1.20 bits per heavy atom. The molecule has 0 spiro atoms. The van der Waals surface area contributed by atoms with E-state index in [1.54, 1.807) is 0 Å². The van der Waals surface area contributed by atoms with Gasteiger partial charge in [0.15, 0.2) is 5.69 Å². The van der Waals surface area contributed by atoms with Gasteiger partial charge in [0.25, 0.3) is 5.91 Å². The number of carbonyl (C=O) groups is 1. The molecule has 106 valence electrons. The van der Waals surface area contributed by atoms with Gasteiger partial charge in [0, 0.05) is 18.7 Å². The lowest BCUT2D eigenvalue weighted by atomic mass is 10.2. The van der Waals surface area contributed by atoms with Crippen molar-refractivity contribution in [3.05, 3.63) is 42.3 Å². The quantitative estimate of drug-likeness (QED) is 0.758. The summed E-state index contributed by atoms with van der Waals surface area (Å²) in [6, 6.07) is 9.51. The summed E-state index contributed by atoms with van der Waals surface area (Å²) in [5.41, 5.74) is 1.16. The van der Waals surface area contributed by atoms with Crippen molar-refractivity contribution in [1.29, 1.82) is 0 Å². The van der Waals surface area contributed by atoms with E-state index in [9.17, 15) is 4.79 Å². The van der Waals surface area contributed by atoms with Gasteiger partial charge in [-0.3, -0.25) is 4.79 Å². The number of benzene rings is 1. The highest BCUT2D eigenvalue weighted by Gasteiger charge is 2.12. The zero-order valence-corrected chi connectivity index (χ0v) is 11.6. The van der Waals surface area contributed by atoms with E-state index in [4.69, 9.17) is 4.42 Å². The summed E-state index contributed by atoms with van der Waals surface area (Å²) in [5.74, 6) is 0.245. The molecule has 0 saturated heterocycles. The summed E-state index contributed by atoms with van der Waals surface area (Å²) in [6.07, 6.45) is 2.47. The molecule has 2 aromatic rings. The minimum absolute atomic E-state index is 0.214. The van der Waals surface area contributed by atoms with Crippen molar-refractivity contribution in [2.75, 3.05) is 19.6 Å². The zero-order valence-electron chi connectivity index (χ0n) is 11.6. The maximum absolute atomic E-state index is 11.9. The van der Waals surface area contributed by atoms with Crippen molar-refractivity contribution in [3.63, 3.8) is 0 Å². The van der Waals surface area contributed by atoms with E-state index in [0.29, 0.717) is 18.1 Å². The maximum atomic E-state index is 11.9. The largest absolute Gasteiger partial charge is 0.444 e. The van der Waals surface area contributed by atoms with Crippen LogP contribution in [-0.4, -0.2) is 30.5 Å². The van der Waals surface area contributed by atoms with E-state index in [1.807, 2.05) is 30.3 Å². The van der Waals surface area contributed by atoms with Gasteiger partial charge >= 0.3 is 0 Å². The van der Waals surface area contributed by atoms with Gasteiger partial charge < -0.3 is 15.1 Å². The number of nitrogens with zero attached hydrogens (tertiary/aromatic N) is 1. The topological polar surface area (TPSA) is 67.2 Å². The lowest BCUT2D eigenvalue weighted by Crippen LogP contribution is -2.32. The van der Waals surface area contributed by atoms with Crippen molar-refractivity contribution in [1.82, 2.24) is 15.6 Å². The van der Waals surface area contributed by atoms with Crippen LogP contribution < -0.4 is 10.6 Å². The molecule has 0 radical (unpaired) electrons. The minimum Gasteiger partial charge on any atom is -0.444 e. The molecule has 1 aromatic carbocycles. The first-order chi connectivity index (χ1) is 9.81. The molecule has 0 saturated carbocycles. The minimum atomic E-state index is -0.214. The number of hydrogen-bond donors (Lipinski definition) is 2. The third-order valence-corrected chi connectivity index (χ3v) is 2.77. The van der Waals surface area contributed by atoms with Crippen molar-refractivity contribution < 1.29 is 9.21 Å². The summed E-state index contributed by atoms with van der Waals surface area (Å²) in [4.78, 5) is 16.1. The average molecular weight is 273 g/mol. The van der Waals surface area contributed by atoms with E-state index in [-0.39, 0.29) is 5.91 Å². The van der Waals surface area contributed by atoms with Crippen LogP contribution in [0.2, 0.25) is 0 Å². The molecular weight excluding hydrogens is 254 g/mol.